The van der Waals surface area contributed by atoms with Crippen LogP contribution in [0.25, 0.3) is 5.57 Å². The van der Waals surface area contributed by atoms with Gasteiger partial charge in [-0.1, -0.05) is 84.0 Å². The zero-order valence-corrected chi connectivity index (χ0v) is 19.4. The third-order valence-electron chi connectivity index (χ3n) is 5.94. The minimum atomic E-state index is -1.01. The molecular formula is C26H41NO4. The number of hydrogen-bond acceptors (Lipinski definition) is 4. The first kappa shape index (κ1) is 25.3. The molecule has 5 nitrogen and oxygen atoms in total. The van der Waals surface area contributed by atoms with Crippen LogP contribution in [0.15, 0.2) is 18.2 Å². The first-order valence-corrected chi connectivity index (χ1v) is 12.2. The monoisotopic (exact) mass is 431 g/mol. The number of carbonyl (C=O) groups excluding carboxylic acids is 1. The van der Waals surface area contributed by atoms with Gasteiger partial charge in [-0.05, 0) is 31.1 Å². The van der Waals surface area contributed by atoms with Crippen molar-refractivity contribution in [1.82, 2.24) is 0 Å². The van der Waals surface area contributed by atoms with E-state index >= 15 is 0 Å². The molecule has 1 amide bonds. The molecule has 0 aliphatic carbocycles. The summed E-state index contributed by atoms with van der Waals surface area (Å²) in [7, 11) is 0. The van der Waals surface area contributed by atoms with Gasteiger partial charge in [0.1, 0.15) is 11.5 Å². The number of anilines is 1. The number of phenols is 1. The number of ether oxygens (including phenoxy) is 1. The Kier molecular flexibility index (Phi) is 11.5. The molecule has 5 heteroatoms. The van der Waals surface area contributed by atoms with Crippen molar-refractivity contribution in [2.24, 2.45) is 0 Å². The fraction of sp³-hybridized carbons (Fsp3) is 0.654. The average molecular weight is 432 g/mol. The van der Waals surface area contributed by atoms with E-state index in [1.165, 1.54) is 76.7 Å². The number of carbonyl (C=O) groups is 1. The Labute approximate surface area is 187 Å². The van der Waals surface area contributed by atoms with E-state index in [0.717, 1.165) is 24.0 Å². The molecule has 174 valence electrons. The summed E-state index contributed by atoms with van der Waals surface area (Å²) < 4.78 is 5.30. The molecule has 3 N–H and O–H groups in total. The first-order valence-electron chi connectivity index (χ1n) is 12.2. The lowest BCUT2D eigenvalue weighted by molar-refractivity contribution is -0.116. The molecule has 0 spiro atoms. The Morgan fingerprint density at radius 1 is 0.935 bits per heavy atom. The van der Waals surface area contributed by atoms with Crippen LogP contribution in [0.5, 0.6) is 11.5 Å². The van der Waals surface area contributed by atoms with Crippen molar-refractivity contribution in [1.29, 1.82) is 0 Å². The van der Waals surface area contributed by atoms with E-state index in [4.69, 9.17) is 4.74 Å². The quantitative estimate of drug-likeness (QED) is 0.208. The van der Waals surface area contributed by atoms with Gasteiger partial charge in [0.05, 0.1) is 5.69 Å². The van der Waals surface area contributed by atoms with Crippen LogP contribution in [0.1, 0.15) is 109 Å². The predicted molar refractivity (Wildman–Crippen MR) is 127 cm³/mol. The number of allylic oxidation sites excluding steroid dienone is 1. The summed E-state index contributed by atoms with van der Waals surface area (Å²) in [6, 6.07) is 3.14. The number of phenolic OH excluding ortho intramolecular Hbond substituents is 1. The smallest absolute Gasteiger partial charge is 0.224 e. The Morgan fingerprint density at radius 2 is 1.48 bits per heavy atom. The van der Waals surface area contributed by atoms with Crippen LogP contribution in [0.3, 0.4) is 0 Å². The average Bonchev–Trinajstić information content (AvgIpc) is 2.72. The van der Waals surface area contributed by atoms with E-state index in [9.17, 15) is 15.0 Å². The highest BCUT2D eigenvalue weighted by Gasteiger charge is 2.19. The summed E-state index contributed by atoms with van der Waals surface area (Å²) >= 11 is 0. The predicted octanol–water partition coefficient (Wildman–Crippen LogP) is 6.93. The SMILES string of the molecule is CCCCCCCCCCCCCCCC(=O)Nc1cc2c(cc1O)OC(O)C=C2C. The fourth-order valence-electron chi connectivity index (χ4n) is 4.06. The van der Waals surface area contributed by atoms with Crippen LogP contribution in [0, 0.1) is 0 Å². The molecule has 1 aliphatic rings. The number of aliphatic hydroxyl groups excluding tert-OH is 1. The number of aliphatic hydroxyl groups is 1. The number of benzene rings is 1. The molecule has 1 aromatic rings. The van der Waals surface area contributed by atoms with Crippen molar-refractivity contribution >= 4 is 17.2 Å². The van der Waals surface area contributed by atoms with Gasteiger partial charge >= 0.3 is 0 Å². The van der Waals surface area contributed by atoms with Crippen LogP contribution in [-0.2, 0) is 4.79 Å². The normalized spacial score (nSPS) is 15.2. The molecule has 0 fully saturated rings. The maximum Gasteiger partial charge on any atom is 0.224 e. The molecule has 0 saturated heterocycles. The molecule has 0 saturated carbocycles. The number of aromatic hydroxyl groups is 1. The Balaban J connectivity index is 1.55. The standard InChI is InChI=1S/C26H41NO4/c1-3-4-5-6-7-8-9-10-11-12-13-14-15-16-25(29)27-22-18-21-20(2)17-26(30)31-24(21)19-23(22)28/h17-19,26,28,30H,3-16H2,1-2H3,(H,27,29). The highest BCUT2D eigenvalue weighted by atomic mass is 16.6. The molecule has 0 radical (unpaired) electrons. The molecule has 1 unspecified atom stereocenters. The fourth-order valence-corrected chi connectivity index (χ4v) is 4.06. The van der Waals surface area contributed by atoms with Gasteiger partial charge in [-0.3, -0.25) is 4.79 Å². The lowest BCUT2D eigenvalue weighted by Crippen LogP contribution is -2.18. The van der Waals surface area contributed by atoms with Crippen LogP contribution in [0.4, 0.5) is 5.69 Å². The van der Waals surface area contributed by atoms with E-state index in [2.05, 4.69) is 12.2 Å². The molecule has 0 aromatic heterocycles. The van der Waals surface area contributed by atoms with Gasteiger partial charge < -0.3 is 20.3 Å². The third kappa shape index (κ3) is 9.34. The lowest BCUT2D eigenvalue weighted by atomic mass is 10.0. The van der Waals surface area contributed by atoms with Crippen molar-refractivity contribution in [2.45, 2.75) is 110 Å². The maximum atomic E-state index is 12.3. The van der Waals surface area contributed by atoms with E-state index in [1.54, 1.807) is 12.1 Å². The van der Waals surface area contributed by atoms with Gasteiger partial charge in [0, 0.05) is 18.1 Å². The molecule has 1 aliphatic heterocycles. The van der Waals surface area contributed by atoms with E-state index < -0.39 is 6.29 Å². The van der Waals surface area contributed by atoms with E-state index in [-0.39, 0.29) is 11.7 Å². The second-order valence-corrected chi connectivity index (χ2v) is 8.76. The molecule has 1 aromatic carbocycles. The number of amides is 1. The summed E-state index contributed by atoms with van der Waals surface area (Å²) in [6.07, 6.45) is 17.6. The molecule has 1 atom stereocenters. The van der Waals surface area contributed by atoms with Gasteiger partial charge in [-0.2, -0.15) is 0 Å². The highest BCUT2D eigenvalue weighted by Crippen LogP contribution is 2.38. The Morgan fingerprint density at radius 3 is 2.06 bits per heavy atom. The summed E-state index contributed by atoms with van der Waals surface area (Å²) in [5.74, 6) is 0.274. The topological polar surface area (TPSA) is 78.8 Å². The Bertz CT molecular complexity index is 714. The summed E-state index contributed by atoms with van der Waals surface area (Å²) in [5, 5.41) is 22.6. The number of hydrogen-bond donors (Lipinski definition) is 3. The summed E-state index contributed by atoms with van der Waals surface area (Å²) in [6.45, 7) is 4.12. The molecule has 2 rings (SSSR count). The number of unbranched alkanes of at least 4 members (excludes halogenated alkanes) is 12. The molecule has 0 bridgehead atoms. The minimum absolute atomic E-state index is 0.0561. The molecule has 1 heterocycles. The van der Waals surface area contributed by atoms with Crippen LogP contribution < -0.4 is 10.1 Å². The second-order valence-electron chi connectivity index (χ2n) is 8.76. The van der Waals surface area contributed by atoms with Crippen LogP contribution >= 0.6 is 0 Å². The van der Waals surface area contributed by atoms with Crippen molar-refractivity contribution in [2.75, 3.05) is 5.32 Å². The second kappa shape index (κ2) is 14.1. The number of rotatable bonds is 15. The minimum Gasteiger partial charge on any atom is -0.506 e. The van der Waals surface area contributed by atoms with Gasteiger partial charge in [-0.25, -0.2) is 0 Å². The molecule has 31 heavy (non-hydrogen) atoms. The maximum absolute atomic E-state index is 12.3. The lowest BCUT2D eigenvalue weighted by Gasteiger charge is -2.22. The van der Waals surface area contributed by atoms with Crippen LogP contribution in [0.2, 0.25) is 0 Å². The highest BCUT2D eigenvalue weighted by molar-refractivity contribution is 5.93. The number of fused-ring (bicyclic) bond motifs is 1. The number of nitrogens with one attached hydrogen (secondary N) is 1. The largest absolute Gasteiger partial charge is 0.506 e. The van der Waals surface area contributed by atoms with Gasteiger partial charge in [0.2, 0.25) is 12.2 Å². The molecular weight excluding hydrogens is 390 g/mol. The van der Waals surface area contributed by atoms with Gasteiger partial charge in [-0.15, -0.1) is 0 Å². The first-order chi connectivity index (χ1) is 15.0. The van der Waals surface area contributed by atoms with Gasteiger partial charge in [0.25, 0.3) is 0 Å². The zero-order chi connectivity index (χ0) is 22.5. The summed E-state index contributed by atoms with van der Waals surface area (Å²) in [4.78, 5) is 12.3. The zero-order valence-electron chi connectivity index (χ0n) is 19.4. The van der Waals surface area contributed by atoms with Crippen molar-refractivity contribution in [3.05, 3.63) is 23.8 Å². The van der Waals surface area contributed by atoms with E-state index in [0.29, 0.717) is 17.9 Å². The van der Waals surface area contributed by atoms with Crippen LogP contribution in [-0.4, -0.2) is 22.4 Å². The summed E-state index contributed by atoms with van der Waals surface area (Å²) in [5.41, 5.74) is 1.99. The van der Waals surface area contributed by atoms with Crippen molar-refractivity contribution in [3.63, 3.8) is 0 Å². The Hall–Kier alpha value is -2.01. The van der Waals surface area contributed by atoms with Crippen molar-refractivity contribution < 1.29 is 19.7 Å². The van der Waals surface area contributed by atoms with Crippen molar-refractivity contribution in [3.8, 4) is 11.5 Å². The van der Waals surface area contributed by atoms with E-state index in [1.807, 2.05) is 6.92 Å². The third-order valence-corrected chi connectivity index (χ3v) is 5.94. The van der Waals surface area contributed by atoms with Gasteiger partial charge in [0.15, 0.2) is 0 Å².